The molecule has 0 N–H and O–H groups in total. The van der Waals surface area contributed by atoms with Gasteiger partial charge in [0.25, 0.3) is 0 Å². The van der Waals surface area contributed by atoms with E-state index in [2.05, 4.69) is 18.7 Å². The van der Waals surface area contributed by atoms with Crippen molar-refractivity contribution in [2.24, 2.45) is 17.3 Å². The van der Waals surface area contributed by atoms with E-state index in [0.717, 1.165) is 38.5 Å². The molecule has 20 heavy (non-hydrogen) atoms. The molecule has 3 nitrogen and oxygen atoms in total. The fourth-order valence-electron chi connectivity index (χ4n) is 3.91. The highest BCUT2D eigenvalue weighted by atomic mass is 16.5. The van der Waals surface area contributed by atoms with E-state index in [4.69, 9.17) is 4.74 Å². The molecule has 0 amide bonds. The molecule has 0 spiro atoms. The Morgan fingerprint density at radius 2 is 2.15 bits per heavy atom. The van der Waals surface area contributed by atoms with Gasteiger partial charge in [-0.05, 0) is 44.4 Å². The van der Waals surface area contributed by atoms with Gasteiger partial charge >= 0.3 is 0 Å². The van der Waals surface area contributed by atoms with Crippen molar-refractivity contribution in [3.63, 3.8) is 0 Å². The number of nitrogens with zero attached hydrogens (tertiary/aromatic N) is 1. The third kappa shape index (κ3) is 4.05. The molecule has 3 heteroatoms. The summed E-state index contributed by atoms with van der Waals surface area (Å²) in [6, 6.07) is 0.596. The van der Waals surface area contributed by atoms with Crippen molar-refractivity contribution in [1.82, 2.24) is 4.90 Å². The molecule has 0 aromatic carbocycles. The van der Waals surface area contributed by atoms with Crippen molar-refractivity contribution in [2.45, 2.75) is 58.4 Å². The second-order valence-corrected chi connectivity index (χ2v) is 7.22. The topological polar surface area (TPSA) is 29.5 Å². The lowest BCUT2D eigenvalue weighted by molar-refractivity contribution is -0.120. The van der Waals surface area contributed by atoms with Crippen LogP contribution in [0.15, 0.2) is 0 Å². The Kier molecular flexibility index (Phi) is 5.62. The van der Waals surface area contributed by atoms with E-state index in [-0.39, 0.29) is 5.41 Å². The van der Waals surface area contributed by atoms with Gasteiger partial charge < -0.3 is 9.53 Å². The van der Waals surface area contributed by atoms with Gasteiger partial charge in [-0.2, -0.15) is 0 Å². The van der Waals surface area contributed by atoms with Crippen molar-refractivity contribution in [3.8, 4) is 0 Å². The first-order chi connectivity index (χ1) is 9.60. The Labute approximate surface area is 124 Å². The van der Waals surface area contributed by atoms with Gasteiger partial charge in [-0.15, -0.1) is 0 Å². The molecule has 2 saturated carbocycles. The van der Waals surface area contributed by atoms with Crippen molar-refractivity contribution in [3.05, 3.63) is 0 Å². The van der Waals surface area contributed by atoms with Crippen molar-refractivity contribution < 1.29 is 9.53 Å². The molecule has 3 atom stereocenters. The van der Waals surface area contributed by atoms with Gasteiger partial charge in [0.1, 0.15) is 6.29 Å². The maximum Gasteiger partial charge on any atom is 0.127 e. The number of methoxy groups -OCH3 is 1. The molecule has 0 saturated heterocycles. The predicted molar refractivity (Wildman–Crippen MR) is 81.8 cm³/mol. The lowest BCUT2D eigenvalue weighted by Gasteiger charge is -2.41. The Bertz CT molecular complexity index is 316. The van der Waals surface area contributed by atoms with E-state index in [1.165, 1.54) is 32.0 Å². The lowest BCUT2D eigenvalue weighted by Crippen LogP contribution is -2.47. The molecule has 2 fully saturated rings. The Hall–Kier alpha value is -0.410. The SMILES string of the molecule is COCCN(CC1(C=O)CCCC(C)C1)C(C)C1CC1. The number of rotatable bonds is 8. The Morgan fingerprint density at radius 3 is 2.70 bits per heavy atom. The van der Waals surface area contributed by atoms with Crippen LogP contribution >= 0.6 is 0 Å². The minimum Gasteiger partial charge on any atom is -0.383 e. The predicted octanol–water partition coefficient (Wildman–Crippen LogP) is 3.13. The molecular weight excluding hydrogens is 250 g/mol. The van der Waals surface area contributed by atoms with Crippen LogP contribution in [0.5, 0.6) is 0 Å². The van der Waals surface area contributed by atoms with Gasteiger partial charge in [0.05, 0.1) is 6.61 Å². The summed E-state index contributed by atoms with van der Waals surface area (Å²) in [7, 11) is 1.76. The highest BCUT2D eigenvalue weighted by Gasteiger charge is 2.39. The quantitative estimate of drug-likeness (QED) is 0.640. The highest BCUT2D eigenvalue weighted by molar-refractivity contribution is 5.60. The van der Waals surface area contributed by atoms with Crippen LogP contribution in [-0.4, -0.2) is 44.0 Å². The van der Waals surface area contributed by atoms with E-state index >= 15 is 0 Å². The molecule has 0 heterocycles. The average molecular weight is 281 g/mol. The average Bonchev–Trinajstić information content (AvgIpc) is 3.27. The monoisotopic (exact) mass is 281 g/mol. The molecule has 2 aliphatic rings. The van der Waals surface area contributed by atoms with Crippen molar-refractivity contribution in [1.29, 1.82) is 0 Å². The molecule has 0 bridgehead atoms. The van der Waals surface area contributed by atoms with Crippen molar-refractivity contribution >= 4 is 6.29 Å². The summed E-state index contributed by atoms with van der Waals surface area (Å²) in [6.45, 7) is 7.28. The van der Waals surface area contributed by atoms with Crippen LogP contribution in [0.2, 0.25) is 0 Å². The zero-order valence-corrected chi connectivity index (χ0v) is 13.4. The van der Waals surface area contributed by atoms with Crippen LogP contribution < -0.4 is 0 Å². The second kappa shape index (κ2) is 7.04. The second-order valence-electron chi connectivity index (χ2n) is 7.22. The summed E-state index contributed by atoms with van der Waals surface area (Å²) in [6.07, 6.45) is 8.60. The molecule has 2 aliphatic carbocycles. The van der Waals surface area contributed by atoms with E-state index < -0.39 is 0 Å². The van der Waals surface area contributed by atoms with Crippen LogP contribution in [-0.2, 0) is 9.53 Å². The van der Waals surface area contributed by atoms with E-state index in [1.54, 1.807) is 7.11 Å². The van der Waals surface area contributed by atoms with Gasteiger partial charge in [0, 0.05) is 31.7 Å². The summed E-state index contributed by atoms with van der Waals surface area (Å²) in [5.74, 6) is 1.53. The molecule has 2 rings (SSSR count). The number of hydrogen-bond donors (Lipinski definition) is 0. The molecule has 116 valence electrons. The number of hydrogen-bond acceptors (Lipinski definition) is 3. The van der Waals surface area contributed by atoms with Crippen molar-refractivity contribution in [2.75, 3.05) is 26.8 Å². The van der Waals surface area contributed by atoms with Crippen LogP contribution in [0.25, 0.3) is 0 Å². The summed E-state index contributed by atoms with van der Waals surface area (Å²) in [5.41, 5.74) is -0.103. The molecule has 0 radical (unpaired) electrons. The fourth-order valence-corrected chi connectivity index (χ4v) is 3.91. The standard InChI is InChI=1S/C17H31NO2/c1-14-5-4-8-17(11-14,13-19)12-18(9-10-20-3)15(2)16-6-7-16/h13-16H,4-12H2,1-3H3. The van der Waals surface area contributed by atoms with Crippen LogP contribution in [0, 0.1) is 17.3 Å². The first kappa shape index (κ1) is 16.0. The normalized spacial score (nSPS) is 32.3. The van der Waals surface area contributed by atoms with E-state index in [0.29, 0.717) is 12.0 Å². The minimum absolute atomic E-state index is 0.103. The number of carbonyl (C=O) groups is 1. The fraction of sp³-hybridized carbons (Fsp3) is 0.941. The third-order valence-corrected chi connectivity index (χ3v) is 5.36. The zero-order chi connectivity index (χ0) is 14.6. The molecule has 0 aliphatic heterocycles. The van der Waals surface area contributed by atoms with Gasteiger partial charge in [-0.3, -0.25) is 4.90 Å². The third-order valence-electron chi connectivity index (χ3n) is 5.36. The van der Waals surface area contributed by atoms with Crippen LogP contribution in [0.1, 0.15) is 52.4 Å². The van der Waals surface area contributed by atoms with Gasteiger partial charge in [0.2, 0.25) is 0 Å². The first-order valence-electron chi connectivity index (χ1n) is 8.29. The first-order valence-corrected chi connectivity index (χ1v) is 8.29. The maximum absolute atomic E-state index is 11.8. The summed E-state index contributed by atoms with van der Waals surface area (Å²) >= 11 is 0. The number of carbonyl (C=O) groups excluding carboxylic acids is 1. The largest absolute Gasteiger partial charge is 0.383 e. The Balaban J connectivity index is 2.01. The van der Waals surface area contributed by atoms with Gasteiger partial charge in [-0.1, -0.05) is 19.8 Å². The van der Waals surface area contributed by atoms with E-state index in [1.807, 2.05) is 0 Å². The zero-order valence-electron chi connectivity index (χ0n) is 13.4. The molecular formula is C17H31NO2. The maximum atomic E-state index is 11.8. The minimum atomic E-state index is -0.103. The van der Waals surface area contributed by atoms with Crippen LogP contribution in [0.4, 0.5) is 0 Å². The smallest absolute Gasteiger partial charge is 0.127 e. The van der Waals surface area contributed by atoms with Gasteiger partial charge in [-0.25, -0.2) is 0 Å². The number of aldehydes is 1. The van der Waals surface area contributed by atoms with Crippen LogP contribution in [0.3, 0.4) is 0 Å². The summed E-state index contributed by atoms with van der Waals surface area (Å²) < 4.78 is 5.27. The molecule has 3 unspecified atom stereocenters. The summed E-state index contributed by atoms with van der Waals surface area (Å²) in [5, 5.41) is 0. The number of ether oxygens (including phenoxy) is 1. The summed E-state index contributed by atoms with van der Waals surface area (Å²) in [4.78, 5) is 14.3. The highest BCUT2D eigenvalue weighted by Crippen LogP contribution is 2.41. The lowest BCUT2D eigenvalue weighted by atomic mass is 9.70. The molecule has 0 aromatic rings. The van der Waals surface area contributed by atoms with Gasteiger partial charge in [0.15, 0.2) is 0 Å². The van der Waals surface area contributed by atoms with E-state index in [9.17, 15) is 4.79 Å². The molecule has 0 aromatic heterocycles. The Morgan fingerprint density at radius 1 is 1.40 bits per heavy atom.